The van der Waals surface area contributed by atoms with Gasteiger partial charge in [-0.3, -0.25) is 0 Å². The molecule has 3 aromatic rings. The molecule has 0 atom stereocenters. The molecule has 0 aliphatic heterocycles. The maximum Gasteiger partial charge on any atom is 0.243 e. The van der Waals surface area contributed by atoms with Crippen molar-refractivity contribution in [2.45, 2.75) is 11.8 Å². The van der Waals surface area contributed by atoms with Crippen LogP contribution in [0.15, 0.2) is 108 Å². The molecule has 0 aliphatic carbocycles. The fraction of sp³-hybridized carbons (Fsp3) is 0.125. The van der Waals surface area contributed by atoms with Gasteiger partial charge >= 0.3 is 0 Å². The van der Waals surface area contributed by atoms with Gasteiger partial charge in [0.2, 0.25) is 10.0 Å². The summed E-state index contributed by atoms with van der Waals surface area (Å²) in [6.45, 7) is 5.94. The number of para-hydroxylation sites is 2. The highest BCUT2D eigenvalue weighted by atomic mass is 32.2. The normalized spacial score (nSPS) is 11.7. The molecule has 0 radical (unpaired) electrons. The highest BCUT2D eigenvalue weighted by Crippen LogP contribution is 2.25. The Kier molecular flexibility index (Phi) is 7.17. The molecule has 0 aromatic heterocycles. The number of anilines is 2. The van der Waals surface area contributed by atoms with E-state index in [0.717, 1.165) is 16.9 Å². The van der Waals surface area contributed by atoms with Crippen LogP contribution in [-0.2, 0) is 10.0 Å². The predicted octanol–water partition coefficient (Wildman–Crippen LogP) is 5.00. The van der Waals surface area contributed by atoms with Gasteiger partial charge in [0.1, 0.15) is 0 Å². The first-order valence-corrected chi connectivity index (χ1v) is 11.1. The summed E-state index contributed by atoms with van der Waals surface area (Å²) in [5.41, 5.74) is 2.78. The summed E-state index contributed by atoms with van der Waals surface area (Å²) in [6.07, 6.45) is 3.18. The number of nitrogens with zero attached hydrogens (tertiary/aromatic N) is 3. The summed E-state index contributed by atoms with van der Waals surface area (Å²) < 4.78 is 27.5. The fourth-order valence-electron chi connectivity index (χ4n) is 2.90. The molecule has 154 valence electrons. The van der Waals surface area contributed by atoms with Crippen molar-refractivity contribution in [3.05, 3.63) is 103 Å². The summed E-state index contributed by atoms with van der Waals surface area (Å²) in [6, 6.07) is 26.3. The third kappa shape index (κ3) is 5.23. The van der Waals surface area contributed by atoms with E-state index in [1.807, 2.05) is 67.6 Å². The molecule has 0 bridgehead atoms. The topological polar surface area (TPSA) is 53.0 Å². The Morgan fingerprint density at radius 2 is 1.37 bits per heavy atom. The van der Waals surface area contributed by atoms with Crippen molar-refractivity contribution in [2.75, 3.05) is 18.1 Å². The van der Waals surface area contributed by atoms with Crippen molar-refractivity contribution < 1.29 is 8.42 Å². The number of sulfonamides is 1. The van der Waals surface area contributed by atoms with Gasteiger partial charge in [-0.2, -0.15) is 9.41 Å². The van der Waals surface area contributed by atoms with Gasteiger partial charge in [0.15, 0.2) is 0 Å². The van der Waals surface area contributed by atoms with E-state index in [0.29, 0.717) is 0 Å². The molecule has 0 saturated heterocycles. The molecule has 0 N–H and O–H groups in total. The highest BCUT2D eigenvalue weighted by Gasteiger charge is 2.22. The number of hydrazone groups is 1. The lowest BCUT2D eigenvalue weighted by atomic mass is 10.2. The van der Waals surface area contributed by atoms with E-state index in [9.17, 15) is 8.42 Å². The minimum absolute atomic E-state index is 0.123. The zero-order chi connectivity index (χ0) is 21.4. The van der Waals surface area contributed by atoms with E-state index in [1.165, 1.54) is 4.31 Å². The van der Waals surface area contributed by atoms with Crippen LogP contribution in [0.4, 0.5) is 11.4 Å². The zero-order valence-corrected chi connectivity index (χ0v) is 17.7. The standard InChI is InChI=1S/C24H25N3O2S/c1-3-19-26(30(28,29)24-16-14-21(2)15-17-24)20-18-25-27(22-10-6-4-7-11-22)23-12-8-5-9-13-23/h3-18H,1,19-20H2,2H3/b25-18+. The molecule has 0 aliphatic rings. The molecule has 0 heterocycles. The largest absolute Gasteiger partial charge is 0.243 e. The van der Waals surface area contributed by atoms with E-state index in [1.54, 1.807) is 41.6 Å². The van der Waals surface area contributed by atoms with Crippen molar-refractivity contribution >= 4 is 27.6 Å². The lowest BCUT2D eigenvalue weighted by Gasteiger charge is -2.21. The second-order valence-electron chi connectivity index (χ2n) is 6.70. The molecule has 0 fully saturated rings. The van der Waals surface area contributed by atoms with Crippen LogP contribution in [0.3, 0.4) is 0 Å². The smallest absolute Gasteiger partial charge is 0.234 e. The van der Waals surface area contributed by atoms with Crippen LogP contribution in [-0.4, -0.2) is 32.0 Å². The maximum atomic E-state index is 13.1. The van der Waals surface area contributed by atoms with Crippen LogP contribution in [0, 0.1) is 6.92 Å². The van der Waals surface area contributed by atoms with Crippen molar-refractivity contribution in [3.8, 4) is 0 Å². The van der Waals surface area contributed by atoms with Crippen LogP contribution in [0.5, 0.6) is 0 Å². The highest BCUT2D eigenvalue weighted by molar-refractivity contribution is 7.89. The molecule has 3 aromatic carbocycles. The molecule has 0 saturated carbocycles. The average molecular weight is 420 g/mol. The van der Waals surface area contributed by atoms with Gasteiger partial charge in [0.05, 0.1) is 22.8 Å². The Morgan fingerprint density at radius 1 is 0.833 bits per heavy atom. The van der Waals surface area contributed by atoms with Crippen molar-refractivity contribution in [3.63, 3.8) is 0 Å². The molecule has 3 rings (SSSR count). The van der Waals surface area contributed by atoms with Gasteiger partial charge in [0.25, 0.3) is 0 Å². The Labute approximate surface area is 178 Å². The monoisotopic (exact) mass is 419 g/mol. The summed E-state index contributed by atoms with van der Waals surface area (Å²) in [5, 5.41) is 6.36. The van der Waals surface area contributed by atoms with Crippen LogP contribution < -0.4 is 5.01 Å². The van der Waals surface area contributed by atoms with Crippen molar-refractivity contribution in [1.29, 1.82) is 0 Å². The Morgan fingerprint density at radius 3 is 1.87 bits per heavy atom. The Hall–Kier alpha value is -3.22. The molecular weight excluding hydrogens is 394 g/mol. The van der Waals surface area contributed by atoms with Gasteiger partial charge in [0, 0.05) is 12.8 Å². The van der Waals surface area contributed by atoms with Gasteiger partial charge in [-0.15, -0.1) is 6.58 Å². The second kappa shape index (κ2) is 10.0. The predicted molar refractivity (Wildman–Crippen MR) is 124 cm³/mol. The quantitative estimate of drug-likeness (QED) is 0.279. The summed E-state index contributed by atoms with van der Waals surface area (Å²) in [7, 11) is -3.65. The van der Waals surface area contributed by atoms with E-state index in [-0.39, 0.29) is 18.0 Å². The Balaban J connectivity index is 1.86. The first-order valence-electron chi connectivity index (χ1n) is 9.63. The zero-order valence-electron chi connectivity index (χ0n) is 16.9. The number of aryl methyl sites for hydroxylation is 1. The number of rotatable bonds is 9. The average Bonchev–Trinajstić information content (AvgIpc) is 2.77. The lowest BCUT2D eigenvalue weighted by molar-refractivity contribution is 0.483. The van der Waals surface area contributed by atoms with Crippen molar-refractivity contribution in [1.82, 2.24) is 4.31 Å². The first kappa shape index (κ1) is 21.5. The van der Waals surface area contributed by atoms with E-state index < -0.39 is 10.0 Å². The molecule has 30 heavy (non-hydrogen) atoms. The Bertz CT molecular complexity index is 1040. The number of hydrogen-bond acceptors (Lipinski definition) is 4. The third-order valence-corrected chi connectivity index (χ3v) is 6.32. The van der Waals surface area contributed by atoms with Gasteiger partial charge < -0.3 is 0 Å². The molecule has 6 heteroatoms. The summed E-state index contributed by atoms with van der Waals surface area (Å²) in [5.74, 6) is 0. The van der Waals surface area contributed by atoms with Gasteiger partial charge in [-0.25, -0.2) is 13.4 Å². The third-order valence-electron chi connectivity index (χ3n) is 4.48. The van der Waals surface area contributed by atoms with Crippen molar-refractivity contribution in [2.24, 2.45) is 5.10 Å². The van der Waals surface area contributed by atoms with Gasteiger partial charge in [-0.1, -0.05) is 60.2 Å². The molecule has 0 amide bonds. The van der Waals surface area contributed by atoms with E-state index >= 15 is 0 Å². The molecular formula is C24H25N3O2S. The minimum Gasteiger partial charge on any atom is -0.234 e. The summed E-state index contributed by atoms with van der Waals surface area (Å²) in [4.78, 5) is 0.256. The minimum atomic E-state index is -3.65. The van der Waals surface area contributed by atoms with E-state index in [4.69, 9.17) is 0 Å². The molecule has 0 spiro atoms. The first-order chi connectivity index (χ1) is 14.5. The lowest BCUT2D eigenvalue weighted by Crippen LogP contribution is -2.33. The van der Waals surface area contributed by atoms with Crippen LogP contribution in [0.25, 0.3) is 0 Å². The fourth-order valence-corrected chi connectivity index (χ4v) is 4.25. The SMILES string of the molecule is C=CCN(C/C=N/N(c1ccccc1)c1ccccc1)S(=O)(=O)c1ccc(C)cc1. The van der Waals surface area contributed by atoms with Crippen LogP contribution in [0.1, 0.15) is 5.56 Å². The molecule has 0 unspecified atom stereocenters. The van der Waals surface area contributed by atoms with E-state index in [2.05, 4.69) is 11.7 Å². The maximum absolute atomic E-state index is 13.1. The number of benzene rings is 3. The van der Waals surface area contributed by atoms with Gasteiger partial charge in [-0.05, 0) is 43.3 Å². The summed E-state index contributed by atoms with van der Waals surface area (Å²) >= 11 is 0. The molecule has 5 nitrogen and oxygen atoms in total. The second-order valence-corrected chi connectivity index (χ2v) is 8.64. The van der Waals surface area contributed by atoms with Crippen LogP contribution >= 0.6 is 0 Å². The van der Waals surface area contributed by atoms with Crippen LogP contribution in [0.2, 0.25) is 0 Å². The number of hydrogen-bond donors (Lipinski definition) is 0.